The molecule has 0 aromatic carbocycles. The lowest BCUT2D eigenvalue weighted by Crippen LogP contribution is -2.33. The van der Waals surface area contributed by atoms with Gasteiger partial charge in [-0.25, -0.2) is 4.79 Å². The standard InChI is InChI=1S/C10H12N8O3/c1-5-4-18(10(20)14-9(5)19)8-2-6(15-17-12)7(21-8)3-13-16-11/h4,6-8H,2-3H2,1H3,(H,14,19,20)/t6-,7-,8+/m1/s1. The summed E-state index contributed by atoms with van der Waals surface area (Å²) in [6.45, 7) is 1.56. The Hall–Kier alpha value is -2.74. The van der Waals surface area contributed by atoms with E-state index in [9.17, 15) is 9.59 Å². The molecular formula is C10H12N8O3. The van der Waals surface area contributed by atoms with Gasteiger partial charge in [-0.05, 0) is 18.0 Å². The van der Waals surface area contributed by atoms with Crippen LogP contribution >= 0.6 is 0 Å². The van der Waals surface area contributed by atoms with Crippen LogP contribution in [0.25, 0.3) is 20.9 Å². The zero-order valence-electron chi connectivity index (χ0n) is 11.1. The van der Waals surface area contributed by atoms with Crippen molar-refractivity contribution in [2.24, 2.45) is 10.2 Å². The van der Waals surface area contributed by atoms with E-state index in [4.69, 9.17) is 15.8 Å². The topological polar surface area (TPSA) is 162 Å². The smallest absolute Gasteiger partial charge is 0.330 e. The van der Waals surface area contributed by atoms with Crippen molar-refractivity contribution in [1.29, 1.82) is 0 Å². The quantitative estimate of drug-likeness (QED) is 0.500. The number of hydrogen-bond donors (Lipinski definition) is 1. The average Bonchev–Trinajstić information content (AvgIpc) is 2.84. The highest BCUT2D eigenvalue weighted by Gasteiger charge is 2.35. The molecule has 1 aliphatic rings. The third-order valence-electron chi connectivity index (χ3n) is 3.19. The van der Waals surface area contributed by atoms with E-state index in [0.29, 0.717) is 5.56 Å². The first-order valence-corrected chi connectivity index (χ1v) is 6.09. The summed E-state index contributed by atoms with van der Waals surface area (Å²) in [5.74, 6) is 0. The van der Waals surface area contributed by atoms with Crippen molar-refractivity contribution < 1.29 is 4.74 Å². The molecule has 11 heteroatoms. The SMILES string of the molecule is Cc1cn([C@@H]2C[C@@H](N=[N+]=[N-])[C@@H](CN=[N+]=[N-])O2)c(=O)[nH]c1=O. The molecule has 3 atom stereocenters. The van der Waals surface area contributed by atoms with Gasteiger partial charge in [0.05, 0.1) is 18.7 Å². The Morgan fingerprint density at radius 2 is 2.24 bits per heavy atom. The molecule has 11 nitrogen and oxygen atoms in total. The molecule has 2 heterocycles. The van der Waals surface area contributed by atoms with E-state index >= 15 is 0 Å². The number of aryl methyl sites for hydroxylation is 1. The van der Waals surface area contributed by atoms with Crippen molar-refractivity contribution >= 4 is 0 Å². The molecule has 1 saturated heterocycles. The Morgan fingerprint density at radius 3 is 2.90 bits per heavy atom. The van der Waals surface area contributed by atoms with E-state index in [1.54, 1.807) is 6.92 Å². The van der Waals surface area contributed by atoms with Crippen LogP contribution in [0.15, 0.2) is 26.0 Å². The zero-order valence-corrected chi connectivity index (χ0v) is 11.1. The summed E-state index contributed by atoms with van der Waals surface area (Å²) in [4.78, 5) is 30.7. The van der Waals surface area contributed by atoms with Gasteiger partial charge >= 0.3 is 5.69 Å². The summed E-state index contributed by atoms with van der Waals surface area (Å²) in [6.07, 6.45) is 0.332. The van der Waals surface area contributed by atoms with E-state index in [-0.39, 0.29) is 13.0 Å². The van der Waals surface area contributed by atoms with Crippen molar-refractivity contribution in [1.82, 2.24) is 9.55 Å². The summed E-state index contributed by atoms with van der Waals surface area (Å²) < 4.78 is 6.83. The largest absolute Gasteiger partial charge is 0.354 e. The van der Waals surface area contributed by atoms with Gasteiger partial charge in [-0.15, -0.1) is 0 Å². The maximum Gasteiger partial charge on any atom is 0.330 e. The van der Waals surface area contributed by atoms with Crippen molar-refractivity contribution in [2.75, 3.05) is 6.54 Å². The molecule has 21 heavy (non-hydrogen) atoms. The molecule has 0 spiro atoms. The molecule has 2 rings (SSSR count). The summed E-state index contributed by atoms with van der Waals surface area (Å²) in [5, 5.41) is 6.98. The summed E-state index contributed by atoms with van der Waals surface area (Å²) in [5.41, 5.74) is 16.2. The number of rotatable bonds is 4. The molecule has 1 aliphatic heterocycles. The Balaban J connectivity index is 2.32. The Bertz CT molecular complexity index is 739. The first-order valence-electron chi connectivity index (χ1n) is 6.09. The van der Waals surface area contributed by atoms with E-state index in [1.807, 2.05) is 0 Å². The van der Waals surface area contributed by atoms with Gasteiger partial charge in [0.1, 0.15) is 6.23 Å². The van der Waals surface area contributed by atoms with E-state index < -0.39 is 29.6 Å². The zero-order chi connectivity index (χ0) is 15.4. The van der Waals surface area contributed by atoms with Crippen molar-refractivity contribution in [3.8, 4) is 0 Å². The molecular weight excluding hydrogens is 280 g/mol. The number of H-pyrrole nitrogens is 1. The highest BCUT2D eigenvalue weighted by atomic mass is 16.5. The molecule has 1 fully saturated rings. The lowest BCUT2D eigenvalue weighted by Gasteiger charge is -2.15. The van der Waals surface area contributed by atoms with Gasteiger partial charge in [-0.1, -0.05) is 10.2 Å². The Labute approximate surface area is 117 Å². The van der Waals surface area contributed by atoms with Crippen LogP contribution in [0.2, 0.25) is 0 Å². The number of hydrogen-bond acceptors (Lipinski definition) is 5. The summed E-state index contributed by atoms with van der Waals surface area (Å²) >= 11 is 0. The fourth-order valence-corrected chi connectivity index (χ4v) is 2.16. The lowest BCUT2D eigenvalue weighted by molar-refractivity contribution is 0.00164. The molecule has 0 radical (unpaired) electrons. The van der Waals surface area contributed by atoms with Crippen LogP contribution in [-0.2, 0) is 4.74 Å². The molecule has 0 aliphatic carbocycles. The maximum absolute atomic E-state index is 11.8. The molecule has 1 aromatic rings. The first kappa shape index (κ1) is 14.7. The number of aromatic nitrogens is 2. The number of nitrogens with one attached hydrogen (secondary N) is 1. The normalized spacial score (nSPS) is 24.1. The van der Waals surface area contributed by atoms with Gasteiger partial charge in [-0.3, -0.25) is 14.3 Å². The average molecular weight is 292 g/mol. The van der Waals surface area contributed by atoms with Crippen LogP contribution in [0.4, 0.5) is 0 Å². The predicted molar refractivity (Wildman–Crippen MR) is 71.5 cm³/mol. The van der Waals surface area contributed by atoms with Gasteiger partial charge in [0.2, 0.25) is 0 Å². The van der Waals surface area contributed by atoms with Crippen molar-refractivity contribution in [2.45, 2.75) is 31.7 Å². The van der Waals surface area contributed by atoms with Crippen LogP contribution < -0.4 is 11.2 Å². The van der Waals surface area contributed by atoms with Crippen LogP contribution in [0.3, 0.4) is 0 Å². The van der Waals surface area contributed by atoms with Gasteiger partial charge in [0.25, 0.3) is 5.56 Å². The molecule has 0 unspecified atom stereocenters. The minimum atomic E-state index is -0.692. The first-order chi connectivity index (χ1) is 10.1. The van der Waals surface area contributed by atoms with Gasteiger partial charge in [-0.2, -0.15) is 0 Å². The fourth-order valence-electron chi connectivity index (χ4n) is 2.16. The number of nitrogens with zero attached hydrogens (tertiary/aromatic N) is 7. The van der Waals surface area contributed by atoms with Gasteiger partial charge in [0.15, 0.2) is 0 Å². The van der Waals surface area contributed by atoms with Crippen LogP contribution in [0.5, 0.6) is 0 Å². The lowest BCUT2D eigenvalue weighted by atomic mass is 10.1. The minimum Gasteiger partial charge on any atom is -0.354 e. The van der Waals surface area contributed by atoms with Crippen LogP contribution in [-0.4, -0.2) is 28.2 Å². The summed E-state index contributed by atoms with van der Waals surface area (Å²) in [7, 11) is 0. The number of azide groups is 2. The fraction of sp³-hybridized carbons (Fsp3) is 0.600. The minimum absolute atomic E-state index is 0.00618. The van der Waals surface area contributed by atoms with Crippen LogP contribution in [0.1, 0.15) is 18.2 Å². The maximum atomic E-state index is 11.8. The third kappa shape index (κ3) is 3.06. The second-order valence-electron chi connectivity index (χ2n) is 4.53. The second-order valence-corrected chi connectivity index (χ2v) is 4.53. The molecule has 1 aromatic heterocycles. The Morgan fingerprint density at radius 1 is 1.48 bits per heavy atom. The Kier molecular flexibility index (Phi) is 4.29. The van der Waals surface area contributed by atoms with Crippen molar-refractivity contribution in [3.63, 3.8) is 0 Å². The van der Waals surface area contributed by atoms with Crippen molar-refractivity contribution in [3.05, 3.63) is 53.5 Å². The highest BCUT2D eigenvalue weighted by molar-refractivity contribution is 5.02. The van der Waals surface area contributed by atoms with E-state index in [1.165, 1.54) is 10.8 Å². The predicted octanol–water partition coefficient (Wildman–Crippen LogP) is 1.12. The van der Waals surface area contributed by atoms with Crippen LogP contribution in [0, 0.1) is 6.92 Å². The van der Waals surface area contributed by atoms with Gasteiger partial charge in [0, 0.05) is 28.0 Å². The summed E-state index contributed by atoms with van der Waals surface area (Å²) in [6, 6.07) is -0.551. The number of ether oxygens (including phenoxy) is 1. The monoisotopic (exact) mass is 292 g/mol. The molecule has 0 saturated carbocycles. The third-order valence-corrected chi connectivity index (χ3v) is 3.19. The highest BCUT2D eigenvalue weighted by Crippen LogP contribution is 2.30. The molecule has 0 bridgehead atoms. The van der Waals surface area contributed by atoms with E-state index in [2.05, 4.69) is 25.0 Å². The molecule has 0 amide bonds. The molecule has 110 valence electrons. The van der Waals surface area contributed by atoms with E-state index in [0.717, 1.165) is 0 Å². The second kappa shape index (κ2) is 6.14. The number of aromatic amines is 1. The molecule has 1 N–H and O–H groups in total. The van der Waals surface area contributed by atoms with Gasteiger partial charge < -0.3 is 4.74 Å².